The second-order valence-corrected chi connectivity index (χ2v) is 22.3. The molecule has 76 heavy (non-hydrogen) atoms. The lowest BCUT2D eigenvalue weighted by atomic mass is 10.0. The molecule has 0 aromatic heterocycles. The number of allylic oxidation sites excluding steroid dienone is 10. The molecule has 2 N–H and O–H groups in total. The number of carbonyl (C=O) groups excluding carboxylic acids is 3. The van der Waals surface area contributed by atoms with Crippen molar-refractivity contribution in [1.29, 1.82) is 0 Å². The maximum absolute atomic E-state index is 12.9. The van der Waals surface area contributed by atoms with Crippen molar-refractivity contribution in [2.75, 3.05) is 26.4 Å². The molecule has 3 atom stereocenters. The van der Waals surface area contributed by atoms with Crippen molar-refractivity contribution < 1.29 is 52.2 Å². The largest absolute Gasteiger partial charge is 0.472 e. The molecule has 442 valence electrons. The molecule has 0 saturated carbocycles. The molecule has 0 saturated heterocycles. The van der Waals surface area contributed by atoms with E-state index in [4.69, 9.17) is 23.3 Å². The van der Waals surface area contributed by atoms with Gasteiger partial charge in [0.05, 0.1) is 19.8 Å². The van der Waals surface area contributed by atoms with E-state index in [1.54, 1.807) is 0 Å². The lowest BCUT2D eigenvalue weighted by Gasteiger charge is -2.21. The lowest BCUT2D eigenvalue weighted by Crippen LogP contribution is -2.30. The highest BCUT2D eigenvalue weighted by molar-refractivity contribution is 7.47. The average molecular weight is 1090 g/mol. The van der Waals surface area contributed by atoms with Crippen LogP contribution in [0.2, 0.25) is 0 Å². The number of rotatable bonds is 58. The molecule has 0 aliphatic carbocycles. The maximum atomic E-state index is 12.9. The summed E-state index contributed by atoms with van der Waals surface area (Å²) in [7, 11) is -4.75. The van der Waals surface area contributed by atoms with Gasteiger partial charge in [-0.25, -0.2) is 4.57 Å². The Balaban J connectivity index is 4.71. The minimum atomic E-state index is -4.75. The fourth-order valence-electron chi connectivity index (χ4n) is 8.70. The van der Waals surface area contributed by atoms with Crippen LogP contribution < -0.4 is 0 Å². The molecule has 0 spiro atoms. The zero-order valence-corrected chi connectivity index (χ0v) is 49.9. The smallest absolute Gasteiger partial charge is 0.462 e. The zero-order valence-electron chi connectivity index (χ0n) is 49.0. The molecular formula is C64H115O11P. The predicted molar refractivity (Wildman–Crippen MR) is 316 cm³/mol. The van der Waals surface area contributed by atoms with E-state index in [9.17, 15) is 28.9 Å². The summed E-state index contributed by atoms with van der Waals surface area (Å²) >= 11 is 0. The van der Waals surface area contributed by atoms with Crippen LogP contribution in [-0.4, -0.2) is 66.5 Å². The second-order valence-electron chi connectivity index (χ2n) is 20.8. The van der Waals surface area contributed by atoms with E-state index >= 15 is 0 Å². The van der Waals surface area contributed by atoms with Crippen molar-refractivity contribution in [3.63, 3.8) is 0 Å². The SMILES string of the molecule is CC/C=C\C/C=C\C/C=C\CCCCCCCCCC(=O)OC(COC(=O)CCCCCCCCC/C=C\C/C=C\CCCCC)COP(=O)(O)OCC(CO)OC(=O)CCCCCCCCCCCCCCCCC. The van der Waals surface area contributed by atoms with Crippen LogP contribution in [-0.2, 0) is 42.2 Å². The third kappa shape index (κ3) is 55.9. The number of carbonyl (C=O) groups is 3. The highest BCUT2D eigenvalue weighted by Crippen LogP contribution is 2.43. The molecule has 0 bridgehead atoms. The molecule has 0 rings (SSSR count). The number of phosphoric ester groups is 1. The summed E-state index contributed by atoms with van der Waals surface area (Å²) in [6.07, 6.45) is 64.5. The van der Waals surface area contributed by atoms with Crippen LogP contribution in [0.25, 0.3) is 0 Å². The van der Waals surface area contributed by atoms with Crippen molar-refractivity contribution in [2.45, 2.75) is 303 Å². The molecule has 0 heterocycles. The highest BCUT2D eigenvalue weighted by atomic mass is 31.2. The Morgan fingerprint density at radius 3 is 1.08 bits per heavy atom. The number of phosphoric acid groups is 1. The molecule has 3 unspecified atom stereocenters. The van der Waals surface area contributed by atoms with Crippen LogP contribution in [0.4, 0.5) is 0 Å². The Kier molecular flexibility index (Phi) is 56.2. The Hall–Kier alpha value is -2.82. The quantitative estimate of drug-likeness (QED) is 0.0197. The van der Waals surface area contributed by atoms with Crippen molar-refractivity contribution in [3.05, 3.63) is 60.8 Å². The monoisotopic (exact) mass is 1090 g/mol. The number of aliphatic hydroxyl groups excluding tert-OH is 1. The van der Waals surface area contributed by atoms with Gasteiger partial charge >= 0.3 is 25.7 Å². The van der Waals surface area contributed by atoms with Crippen LogP contribution in [0.15, 0.2) is 60.8 Å². The van der Waals surface area contributed by atoms with E-state index in [1.807, 2.05) is 0 Å². The molecule has 0 amide bonds. The highest BCUT2D eigenvalue weighted by Gasteiger charge is 2.28. The van der Waals surface area contributed by atoms with E-state index in [0.717, 1.165) is 109 Å². The number of esters is 3. The fourth-order valence-corrected chi connectivity index (χ4v) is 9.48. The van der Waals surface area contributed by atoms with Gasteiger partial charge < -0.3 is 24.2 Å². The summed E-state index contributed by atoms with van der Waals surface area (Å²) in [5.74, 6) is -1.47. The molecule has 12 heteroatoms. The van der Waals surface area contributed by atoms with Crippen LogP contribution in [0.5, 0.6) is 0 Å². The Morgan fingerprint density at radius 1 is 0.382 bits per heavy atom. The van der Waals surface area contributed by atoms with Crippen molar-refractivity contribution >= 4 is 25.7 Å². The summed E-state index contributed by atoms with van der Waals surface area (Å²) < 4.78 is 39.6. The van der Waals surface area contributed by atoms with Gasteiger partial charge in [0.1, 0.15) is 12.7 Å². The van der Waals surface area contributed by atoms with Gasteiger partial charge in [-0.1, -0.05) is 248 Å². The maximum Gasteiger partial charge on any atom is 0.472 e. The third-order valence-corrected chi connectivity index (χ3v) is 14.4. The Labute approximate surface area is 465 Å². The first kappa shape index (κ1) is 73.2. The van der Waals surface area contributed by atoms with Gasteiger partial charge in [0, 0.05) is 19.3 Å². The van der Waals surface area contributed by atoms with Gasteiger partial charge in [-0.05, 0) is 83.5 Å². The fraction of sp³-hybridized carbons (Fsp3) is 0.797. The number of hydrogen-bond donors (Lipinski definition) is 2. The van der Waals surface area contributed by atoms with Gasteiger partial charge in [-0.3, -0.25) is 23.4 Å². The summed E-state index contributed by atoms with van der Waals surface area (Å²) in [6, 6.07) is 0. The normalized spacial score (nSPS) is 13.7. The molecule has 0 fully saturated rings. The van der Waals surface area contributed by atoms with Gasteiger partial charge in [0.25, 0.3) is 0 Å². The zero-order chi connectivity index (χ0) is 55.5. The summed E-state index contributed by atoms with van der Waals surface area (Å²) in [5, 5.41) is 9.84. The Bertz CT molecular complexity index is 1510. The van der Waals surface area contributed by atoms with Gasteiger partial charge in [0.2, 0.25) is 0 Å². The summed E-state index contributed by atoms with van der Waals surface area (Å²) in [6.45, 7) is 4.54. The number of ether oxygens (including phenoxy) is 3. The number of unbranched alkanes of at least 4 members (excludes halogenated alkanes) is 31. The summed E-state index contributed by atoms with van der Waals surface area (Å²) in [4.78, 5) is 48.7. The third-order valence-electron chi connectivity index (χ3n) is 13.4. The lowest BCUT2D eigenvalue weighted by molar-refractivity contribution is -0.161. The molecule has 0 aromatic rings. The molecule has 0 radical (unpaired) electrons. The van der Waals surface area contributed by atoms with E-state index in [-0.39, 0.29) is 25.9 Å². The molecule has 0 aliphatic heterocycles. The number of aliphatic hydroxyl groups is 1. The van der Waals surface area contributed by atoms with Crippen molar-refractivity contribution in [3.8, 4) is 0 Å². The first-order chi connectivity index (χ1) is 37.2. The molecule has 11 nitrogen and oxygen atoms in total. The van der Waals surface area contributed by atoms with Crippen LogP contribution in [0, 0.1) is 0 Å². The topological polar surface area (TPSA) is 155 Å². The van der Waals surface area contributed by atoms with Crippen molar-refractivity contribution in [2.24, 2.45) is 0 Å². The van der Waals surface area contributed by atoms with Crippen LogP contribution in [0.3, 0.4) is 0 Å². The van der Waals surface area contributed by atoms with E-state index in [0.29, 0.717) is 19.3 Å². The first-order valence-corrected chi connectivity index (χ1v) is 32.7. The van der Waals surface area contributed by atoms with Gasteiger partial charge in [0.15, 0.2) is 6.10 Å². The minimum absolute atomic E-state index is 0.155. The van der Waals surface area contributed by atoms with E-state index in [2.05, 4.69) is 81.5 Å². The van der Waals surface area contributed by atoms with E-state index in [1.165, 1.54) is 122 Å². The van der Waals surface area contributed by atoms with Crippen molar-refractivity contribution in [1.82, 2.24) is 0 Å². The van der Waals surface area contributed by atoms with Gasteiger partial charge in [-0.15, -0.1) is 0 Å². The number of hydrogen-bond acceptors (Lipinski definition) is 10. The second kappa shape index (κ2) is 58.3. The standard InChI is InChI=1S/C64H115O11P/c1-4-7-10-13-16-19-22-25-28-30-33-35-38-41-44-47-50-53-62(66)71-57-61(75-64(68)55-52-49-46-43-40-37-34-31-29-26-23-20-17-14-11-8-5-2)59-73-76(69,70)72-58-60(56-65)74-63(67)54-51-48-45-42-39-36-32-27-24-21-18-15-12-9-6-3/h8,11,16-17,19-20,25-26,28-29,60-61,65H,4-7,9-10,12-15,18,21-24,27,30-59H2,1-3H3,(H,69,70)/b11-8-,19-16-,20-17-,28-25-,29-26-. The Morgan fingerprint density at radius 2 is 0.684 bits per heavy atom. The van der Waals surface area contributed by atoms with Crippen LogP contribution in [0.1, 0.15) is 290 Å². The van der Waals surface area contributed by atoms with Crippen LogP contribution >= 0.6 is 7.82 Å². The average Bonchev–Trinajstić information content (AvgIpc) is 3.41. The minimum Gasteiger partial charge on any atom is -0.462 e. The molecule has 0 aromatic carbocycles. The first-order valence-electron chi connectivity index (χ1n) is 31.2. The predicted octanol–water partition coefficient (Wildman–Crippen LogP) is 18.7. The molecule has 0 aliphatic rings. The van der Waals surface area contributed by atoms with Gasteiger partial charge in [-0.2, -0.15) is 0 Å². The summed E-state index contributed by atoms with van der Waals surface area (Å²) in [5.41, 5.74) is 0. The molecular weight excluding hydrogens is 976 g/mol. The van der Waals surface area contributed by atoms with E-state index < -0.39 is 57.8 Å².